The summed E-state index contributed by atoms with van der Waals surface area (Å²) in [7, 11) is 0. The summed E-state index contributed by atoms with van der Waals surface area (Å²) in [4.78, 5) is 12.6. The van der Waals surface area contributed by atoms with E-state index in [1.54, 1.807) is 6.92 Å². The second-order valence-corrected chi connectivity index (χ2v) is 6.27. The van der Waals surface area contributed by atoms with Gasteiger partial charge in [0.2, 0.25) is 5.91 Å². The predicted molar refractivity (Wildman–Crippen MR) is 81.7 cm³/mol. The van der Waals surface area contributed by atoms with E-state index in [4.69, 9.17) is 11.6 Å². The van der Waals surface area contributed by atoms with Gasteiger partial charge in [0.25, 0.3) is 0 Å². The number of anilines is 1. The molecule has 0 saturated carbocycles. The molecule has 0 fully saturated rings. The normalized spacial score (nSPS) is 12.0. The molecule has 0 heterocycles. The number of carbonyl (C=O) groups excluding carboxylic acids is 1. The van der Waals surface area contributed by atoms with E-state index in [-0.39, 0.29) is 10.7 Å². The third kappa shape index (κ3) is 4.18. The largest absolute Gasteiger partial charge is 0.323 e. The molecule has 2 aromatic carbocycles. The topological polar surface area (TPSA) is 29.1 Å². The average molecular weight is 346 g/mol. The van der Waals surface area contributed by atoms with Crippen molar-refractivity contribution in [2.45, 2.75) is 17.1 Å². The first-order valence-corrected chi connectivity index (χ1v) is 7.50. The van der Waals surface area contributed by atoms with Gasteiger partial charge in [0.1, 0.15) is 17.5 Å². The molecule has 0 radical (unpaired) electrons. The predicted octanol–water partition coefficient (Wildman–Crippen LogP) is 4.88. The van der Waals surface area contributed by atoms with E-state index in [0.717, 1.165) is 23.9 Å². The van der Waals surface area contributed by atoms with Crippen LogP contribution < -0.4 is 5.32 Å². The molecule has 116 valence electrons. The van der Waals surface area contributed by atoms with E-state index in [9.17, 15) is 18.0 Å². The van der Waals surface area contributed by atoms with Gasteiger partial charge in [-0.25, -0.2) is 13.2 Å². The minimum Gasteiger partial charge on any atom is -0.323 e. The number of nitrogens with one attached hydrogen (secondary N) is 1. The lowest BCUT2D eigenvalue weighted by atomic mass is 10.3. The summed E-state index contributed by atoms with van der Waals surface area (Å²) < 4.78 is 39.3. The van der Waals surface area contributed by atoms with Crippen LogP contribution in [0.3, 0.4) is 0 Å². The molecule has 2 nitrogen and oxygen atoms in total. The maximum atomic E-state index is 13.5. The number of thioether (sulfide) groups is 1. The number of hydrogen-bond donors (Lipinski definition) is 1. The third-order valence-corrected chi connectivity index (χ3v) is 4.15. The molecular weight excluding hydrogens is 335 g/mol. The quantitative estimate of drug-likeness (QED) is 0.800. The van der Waals surface area contributed by atoms with Crippen LogP contribution in [-0.2, 0) is 4.79 Å². The van der Waals surface area contributed by atoms with Crippen LogP contribution in [0.1, 0.15) is 6.92 Å². The van der Waals surface area contributed by atoms with Crippen LogP contribution in [0.25, 0.3) is 0 Å². The second-order valence-electron chi connectivity index (χ2n) is 4.45. The van der Waals surface area contributed by atoms with Crippen LogP contribution in [0.2, 0.25) is 5.02 Å². The fourth-order valence-corrected chi connectivity index (χ4v) is 2.78. The highest BCUT2D eigenvalue weighted by atomic mass is 35.5. The number of amides is 1. The van der Waals surface area contributed by atoms with E-state index in [0.29, 0.717) is 11.0 Å². The maximum absolute atomic E-state index is 13.5. The Morgan fingerprint density at radius 1 is 1.14 bits per heavy atom. The molecule has 0 unspecified atom stereocenters. The summed E-state index contributed by atoms with van der Waals surface area (Å²) in [5.74, 6) is -2.58. The first kappa shape index (κ1) is 16.7. The molecule has 0 bridgehead atoms. The Kier molecular flexibility index (Phi) is 5.37. The van der Waals surface area contributed by atoms with Crippen molar-refractivity contribution in [3.05, 3.63) is 58.9 Å². The van der Waals surface area contributed by atoms with Gasteiger partial charge in [-0.1, -0.05) is 11.6 Å². The van der Waals surface area contributed by atoms with Crippen LogP contribution in [0.5, 0.6) is 0 Å². The fourth-order valence-electron chi connectivity index (χ4n) is 1.63. The van der Waals surface area contributed by atoms with Gasteiger partial charge >= 0.3 is 0 Å². The lowest BCUT2D eigenvalue weighted by Crippen LogP contribution is -2.23. The standard InChI is InChI=1S/C15H11ClF3NOS/c1-8(22-10-3-4-12(18)11(16)7-10)15(21)20-14-5-2-9(17)6-13(14)19/h2-8H,1H3,(H,20,21)/t8-/m0/s1. The van der Waals surface area contributed by atoms with Gasteiger partial charge in [-0.05, 0) is 37.3 Å². The van der Waals surface area contributed by atoms with Crippen LogP contribution in [-0.4, -0.2) is 11.2 Å². The first-order valence-electron chi connectivity index (χ1n) is 6.24. The fraction of sp³-hybridized carbons (Fsp3) is 0.133. The minimum absolute atomic E-state index is 0.0396. The molecule has 0 spiro atoms. The number of hydrogen-bond acceptors (Lipinski definition) is 2. The van der Waals surface area contributed by atoms with Crippen molar-refractivity contribution < 1.29 is 18.0 Å². The molecule has 0 aliphatic rings. The van der Waals surface area contributed by atoms with E-state index in [1.807, 2.05) is 0 Å². The van der Waals surface area contributed by atoms with Crippen LogP contribution >= 0.6 is 23.4 Å². The second kappa shape index (κ2) is 7.07. The summed E-state index contributed by atoms with van der Waals surface area (Å²) in [6.45, 7) is 1.61. The smallest absolute Gasteiger partial charge is 0.237 e. The third-order valence-electron chi connectivity index (χ3n) is 2.76. The summed E-state index contributed by atoms with van der Waals surface area (Å²) in [6.07, 6.45) is 0. The SMILES string of the molecule is C[C@H](Sc1ccc(F)c(Cl)c1)C(=O)Nc1ccc(F)cc1F. The number of benzene rings is 2. The molecule has 0 aliphatic heterocycles. The van der Waals surface area contributed by atoms with Gasteiger partial charge in [0.15, 0.2) is 0 Å². The van der Waals surface area contributed by atoms with Crippen molar-refractivity contribution in [1.29, 1.82) is 0 Å². The molecule has 1 amide bonds. The van der Waals surface area contributed by atoms with E-state index < -0.39 is 28.6 Å². The highest BCUT2D eigenvalue weighted by Gasteiger charge is 2.17. The van der Waals surface area contributed by atoms with E-state index >= 15 is 0 Å². The molecule has 22 heavy (non-hydrogen) atoms. The molecule has 7 heteroatoms. The molecule has 0 aromatic heterocycles. The van der Waals surface area contributed by atoms with Crippen molar-refractivity contribution in [3.63, 3.8) is 0 Å². The van der Waals surface area contributed by atoms with Crippen LogP contribution in [0.4, 0.5) is 18.9 Å². The molecule has 2 aromatic rings. The monoisotopic (exact) mass is 345 g/mol. The molecule has 2 rings (SSSR count). The Morgan fingerprint density at radius 3 is 2.50 bits per heavy atom. The minimum atomic E-state index is -0.852. The number of rotatable bonds is 4. The average Bonchev–Trinajstić information content (AvgIpc) is 2.45. The lowest BCUT2D eigenvalue weighted by Gasteiger charge is -2.13. The van der Waals surface area contributed by atoms with Crippen molar-refractivity contribution >= 4 is 35.0 Å². The first-order chi connectivity index (χ1) is 10.4. The van der Waals surface area contributed by atoms with Crippen LogP contribution in [0.15, 0.2) is 41.3 Å². The Hall–Kier alpha value is -1.66. The van der Waals surface area contributed by atoms with Crippen molar-refractivity contribution in [2.75, 3.05) is 5.32 Å². The summed E-state index contributed by atoms with van der Waals surface area (Å²) in [5, 5.41) is 1.76. The zero-order valence-electron chi connectivity index (χ0n) is 11.4. The van der Waals surface area contributed by atoms with Gasteiger partial charge in [-0.15, -0.1) is 11.8 Å². The Balaban J connectivity index is 2.04. The summed E-state index contributed by atoms with van der Waals surface area (Å²) in [5.41, 5.74) is -0.101. The Labute approximate surface area is 134 Å². The highest BCUT2D eigenvalue weighted by Crippen LogP contribution is 2.28. The highest BCUT2D eigenvalue weighted by molar-refractivity contribution is 8.00. The van der Waals surface area contributed by atoms with E-state index in [2.05, 4.69) is 5.32 Å². The van der Waals surface area contributed by atoms with Gasteiger partial charge in [-0.3, -0.25) is 4.79 Å². The Morgan fingerprint density at radius 2 is 1.86 bits per heavy atom. The molecule has 0 aliphatic carbocycles. The number of carbonyl (C=O) groups is 1. The zero-order valence-corrected chi connectivity index (χ0v) is 12.9. The molecular formula is C15H11ClF3NOS. The maximum Gasteiger partial charge on any atom is 0.237 e. The van der Waals surface area contributed by atoms with Gasteiger partial charge in [0.05, 0.1) is 16.0 Å². The van der Waals surface area contributed by atoms with E-state index in [1.165, 1.54) is 18.2 Å². The summed E-state index contributed by atoms with van der Waals surface area (Å²) in [6, 6.07) is 6.99. The van der Waals surface area contributed by atoms with Gasteiger partial charge in [0, 0.05) is 11.0 Å². The van der Waals surface area contributed by atoms with Crippen molar-refractivity contribution in [2.24, 2.45) is 0 Å². The van der Waals surface area contributed by atoms with Crippen molar-refractivity contribution in [1.82, 2.24) is 0 Å². The number of halogens is 4. The Bertz CT molecular complexity index is 711. The summed E-state index contributed by atoms with van der Waals surface area (Å²) >= 11 is 6.81. The molecule has 1 N–H and O–H groups in total. The zero-order chi connectivity index (χ0) is 16.3. The lowest BCUT2D eigenvalue weighted by molar-refractivity contribution is -0.115. The van der Waals surface area contributed by atoms with Gasteiger partial charge < -0.3 is 5.32 Å². The van der Waals surface area contributed by atoms with Crippen LogP contribution in [0, 0.1) is 17.5 Å². The van der Waals surface area contributed by atoms with Crippen molar-refractivity contribution in [3.8, 4) is 0 Å². The van der Waals surface area contributed by atoms with Gasteiger partial charge in [-0.2, -0.15) is 0 Å². The molecule has 1 atom stereocenters. The molecule has 0 saturated heterocycles.